The molecule has 0 aromatic rings. The van der Waals surface area contributed by atoms with Crippen molar-refractivity contribution in [3.8, 4) is 0 Å². The Morgan fingerprint density at radius 3 is 0.630 bits per heavy atom. The van der Waals surface area contributed by atoms with Crippen LogP contribution in [-0.2, 0) is 47.7 Å². The maximum Gasteiger partial charge on any atom is 0.317 e. The van der Waals surface area contributed by atoms with E-state index in [0.29, 0.717) is 0 Å². The molecule has 0 aromatic heterocycles. The zero-order valence-electron chi connectivity index (χ0n) is 53.0. The molecule has 0 bridgehead atoms. The van der Waals surface area contributed by atoms with Gasteiger partial charge in [0.1, 0.15) is 24.4 Å². The lowest BCUT2D eigenvalue weighted by atomic mass is 10.1. The Labute approximate surface area is 537 Å². The maximum absolute atomic E-state index is 12.2. The fourth-order valence-corrected chi connectivity index (χ4v) is 10.5. The third-order valence-corrected chi connectivity index (χ3v) is 15.6. The van der Waals surface area contributed by atoms with Gasteiger partial charge < -0.3 is 101 Å². The Balaban J connectivity index is 2.76. The van der Waals surface area contributed by atoms with Crippen LogP contribution >= 0.6 is 0 Å². The quantitative estimate of drug-likeness (QED) is 0.0269. The van der Waals surface area contributed by atoms with Crippen LogP contribution in [0.3, 0.4) is 0 Å². The number of carboxylic acids is 6. The molecule has 92 heavy (non-hydrogen) atoms. The molecule has 36 nitrogen and oxygen atoms in total. The van der Waals surface area contributed by atoms with E-state index in [4.69, 9.17) is 18.9 Å². The van der Waals surface area contributed by atoms with Gasteiger partial charge in [-0.1, -0.05) is 0 Å². The highest BCUT2D eigenvalue weighted by atomic mass is 16.5. The fourth-order valence-electron chi connectivity index (χ4n) is 10.5. The lowest BCUT2D eigenvalue weighted by molar-refractivity contribution is -0.140. The predicted octanol–water partition coefficient (Wildman–Crippen LogP) is -10.0. The highest BCUT2D eigenvalue weighted by molar-refractivity contribution is 5.71. The van der Waals surface area contributed by atoms with Crippen molar-refractivity contribution in [3.63, 3.8) is 0 Å². The summed E-state index contributed by atoms with van der Waals surface area (Å²) < 4.78 is 23.5. The standard InChI is InChI=1S/C56H108N10O26/c67-31-47(32-68)89-39-43(40-90-48(33-69)34-70)19-65(23-45(75)21-57-1-5-59(25-51(77)78)9-13-63(29-55(85)86)14-10-60(6-2-57)26-52(79)80)17-18-66(20-44(41-91-49(35-71)36-72)42-92-50(37-73)38-74)24-46(76)22-58-3-7-61(27-53(81)82)11-15-64(30-56(87)88)16-12-62(8-4-58)28-54(83)84/h43-50,67-76H,1-42H2,(H,77,78)(H,79,80)(H,81,82)(H,83,84)(H,85,86)(H,87,88). The molecular formula is C56H108N10O26. The van der Waals surface area contributed by atoms with Crippen molar-refractivity contribution in [2.75, 3.05) is 276 Å². The average molecular weight is 1340 g/mol. The van der Waals surface area contributed by atoms with Crippen LogP contribution in [0.5, 0.6) is 0 Å². The molecule has 0 amide bonds. The van der Waals surface area contributed by atoms with E-state index in [1.54, 1.807) is 29.4 Å². The number of nitrogens with zero attached hydrogens (tertiary/aromatic N) is 10. The van der Waals surface area contributed by atoms with Crippen LogP contribution in [0.4, 0.5) is 0 Å². The Hall–Kier alpha value is -4.14. The molecule has 2 unspecified atom stereocenters. The van der Waals surface area contributed by atoms with Gasteiger partial charge in [0.15, 0.2) is 0 Å². The Bertz CT molecular complexity index is 1780. The molecule has 2 rings (SSSR count). The minimum absolute atomic E-state index is 0.0345. The summed E-state index contributed by atoms with van der Waals surface area (Å²) in [7, 11) is 0. The molecule has 2 saturated heterocycles. The van der Waals surface area contributed by atoms with E-state index >= 15 is 0 Å². The first kappa shape index (κ1) is 83.9. The van der Waals surface area contributed by atoms with Crippen LogP contribution < -0.4 is 0 Å². The third kappa shape index (κ3) is 39.7. The monoisotopic (exact) mass is 1340 g/mol. The normalized spacial score (nSPS) is 18.1. The highest BCUT2D eigenvalue weighted by Gasteiger charge is 2.29. The molecule has 16 N–H and O–H groups in total. The van der Waals surface area contributed by atoms with E-state index in [0.717, 1.165) is 0 Å². The second-order valence-corrected chi connectivity index (χ2v) is 23.5. The number of hydrogen-bond acceptors (Lipinski definition) is 30. The molecule has 0 saturated carbocycles. The van der Waals surface area contributed by atoms with Crippen molar-refractivity contribution in [2.24, 2.45) is 11.8 Å². The number of aliphatic hydroxyl groups excluding tert-OH is 10. The molecule has 538 valence electrons. The first-order valence-corrected chi connectivity index (χ1v) is 31.2. The third-order valence-electron chi connectivity index (χ3n) is 15.6. The molecular weight excluding hydrogens is 1230 g/mol. The summed E-state index contributed by atoms with van der Waals surface area (Å²) in [4.78, 5) is 88.9. The average Bonchev–Trinajstić information content (AvgIpc) is 1.66. The van der Waals surface area contributed by atoms with E-state index in [2.05, 4.69) is 0 Å². The molecule has 36 heteroatoms. The molecule has 2 heterocycles. The van der Waals surface area contributed by atoms with E-state index in [1.165, 1.54) is 0 Å². The summed E-state index contributed by atoms with van der Waals surface area (Å²) in [6.07, 6.45) is -6.50. The van der Waals surface area contributed by atoms with Crippen LogP contribution in [0.25, 0.3) is 0 Å². The van der Waals surface area contributed by atoms with Crippen LogP contribution in [0.1, 0.15) is 0 Å². The summed E-state index contributed by atoms with van der Waals surface area (Å²) in [6, 6.07) is 0. The van der Waals surface area contributed by atoms with E-state index in [9.17, 15) is 110 Å². The lowest BCUT2D eigenvalue weighted by Crippen LogP contribution is -2.51. The van der Waals surface area contributed by atoms with Gasteiger partial charge >= 0.3 is 35.8 Å². The summed E-state index contributed by atoms with van der Waals surface area (Å²) in [5.74, 6) is -8.06. The minimum Gasteiger partial charge on any atom is -0.480 e. The Morgan fingerprint density at radius 1 is 0.293 bits per heavy atom. The van der Waals surface area contributed by atoms with E-state index < -0.39 is 137 Å². The molecule has 2 fully saturated rings. The molecule has 0 radical (unpaired) electrons. The van der Waals surface area contributed by atoms with Crippen molar-refractivity contribution in [3.05, 3.63) is 0 Å². The molecule has 2 atom stereocenters. The minimum atomic E-state index is -1.21. The second-order valence-electron chi connectivity index (χ2n) is 23.5. The Morgan fingerprint density at radius 2 is 0.467 bits per heavy atom. The SMILES string of the molecule is O=C(O)CN1CCN(CC(=O)O)CCN(CC(O)CN(CCN(CC(O)CN2CCN(CC(=O)O)CCN(CC(=O)O)CCN(CC(=O)O)CC2)CC(COC(CO)CO)COC(CO)CO)CC(COC(CO)CO)COC(CO)CO)CCN(CC(=O)O)CC1. The number of hydrogen-bond donors (Lipinski definition) is 16. The molecule has 2 aliphatic heterocycles. The maximum atomic E-state index is 12.2. The predicted molar refractivity (Wildman–Crippen MR) is 325 cm³/mol. The molecule has 0 aromatic carbocycles. The zero-order chi connectivity index (χ0) is 68.4. The second kappa shape index (κ2) is 49.4. The summed E-state index contributed by atoms with van der Waals surface area (Å²) >= 11 is 0. The number of aliphatic hydroxyl groups is 10. The van der Waals surface area contributed by atoms with Crippen LogP contribution in [0.15, 0.2) is 0 Å². The van der Waals surface area contributed by atoms with Crippen molar-refractivity contribution >= 4 is 35.8 Å². The van der Waals surface area contributed by atoms with E-state index in [-0.39, 0.29) is 223 Å². The number of rotatable bonds is 47. The number of ether oxygens (including phenoxy) is 4. The van der Waals surface area contributed by atoms with Crippen molar-refractivity contribution in [1.82, 2.24) is 49.0 Å². The number of carbonyl (C=O) groups is 6. The largest absolute Gasteiger partial charge is 0.480 e. The summed E-state index contributed by atoms with van der Waals surface area (Å²) in [5.41, 5.74) is 0. The van der Waals surface area contributed by atoms with Gasteiger partial charge in [-0.3, -0.25) is 77.8 Å². The number of aliphatic carboxylic acids is 6. The van der Waals surface area contributed by atoms with Gasteiger partial charge in [0.25, 0.3) is 0 Å². The van der Waals surface area contributed by atoms with E-state index in [1.807, 2.05) is 19.6 Å². The van der Waals surface area contributed by atoms with Crippen LogP contribution in [-0.4, -0.2) is 479 Å². The smallest absolute Gasteiger partial charge is 0.317 e. The van der Waals surface area contributed by atoms with Crippen molar-refractivity contribution in [2.45, 2.75) is 36.6 Å². The lowest BCUT2D eigenvalue weighted by Gasteiger charge is -2.37. The molecule has 2 aliphatic rings. The summed E-state index contributed by atoms with van der Waals surface area (Å²) in [6.45, 7) is -4.91. The van der Waals surface area contributed by atoms with Gasteiger partial charge in [0, 0.05) is 169 Å². The Kier molecular flexibility index (Phi) is 45.1. The highest BCUT2D eigenvalue weighted by Crippen LogP contribution is 2.14. The van der Waals surface area contributed by atoms with Crippen LogP contribution in [0.2, 0.25) is 0 Å². The first-order valence-electron chi connectivity index (χ1n) is 31.2. The van der Waals surface area contributed by atoms with Gasteiger partial charge in [0.05, 0.1) is 131 Å². The van der Waals surface area contributed by atoms with Crippen LogP contribution in [0, 0.1) is 11.8 Å². The number of carboxylic acid groups (broad SMARTS) is 6. The van der Waals surface area contributed by atoms with Crippen molar-refractivity contribution < 1.29 is 129 Å². The number of β-amino-alcohol motifs (C(OH)–C–C–N with tert-alkyl or cyclic N) is 2. The fraction of sp³-hybridized carbons (Fsp3) is 0.893. The summed E-state index contributed by atoms with van der Waals surface area (Å²) in [5, 5.41) is 163. The van der Waals surface area contributed by atoms with Crippen molar-refractivity contribution in [1.29, 1.82) is 0 Å². The van der Waals surface area contributed by atoms with Gasteiger partial charge in [-0.15, -0.1) is 0 Å². The first-order chi connectivity index (χ1) is 43.9. The van der Waals surface area contributed by atoms with Gasteiger partial charge in [0.2, 0.25) is 0 Å². The molecule has 0 spiro atoms. The van der Waals surface area contributed by atoms with Gasteiger partial charge in [-0.2, -0.15) is 0 Å². The van der Waals surface area contributed by atoms with Gasteiger partial charge in [-0.05, 0) is 0 Å². The molecule has 0 aliphatic carbocycles. The topological polar surface area (TPSA) is 495 Å². The van der Waals surface area contributed by atoms with Gasteiger partial charge in [-0.25, -0.2) is 0 Å². The zero-order valence-corrected chi connectivity index (χ0v) is 53.0.